The molecule has 0 saturated carbocycles. The van der Waals surface area contributed by atoms with E-state index < -0.39 is 0 Å². The van der Waals surface area contributed by atoms with Crippen LogP contribution in [0.2, 0.25) is 5.02 Å². The van der Waals surface area contributed by atoms with Crippen molar-refractivity contribution < 1.29 is 0 Å². The first kappa shape index (κ1) is 9.36. The fourth-order valence-corrected chi connectivity index (χ4v) is 1.85. The lowest BCUT2D eigenvalue weighted by atomic mass is 10.5. The second-order valence-corrected chi connectivity index (χ2v) is 3.91. The van der Waals surface area contributed by atoms with E-state index in [0.29, 0.717) is 15.9 Å². The summed E-state index contributed by atoms with van der Waals surface area (Å²) in [6, 6.07) is 5.63. The summed E-state index contributed by atoms with van der Waals surface area (Å²) in [6.07, 6.45) is 1.71. The third-order valence-electron chi connectivity index (χ3n) is 1.54. The van der Waals surface area contributed by atoms with Gasteiger partial charge in [-0.3, -0.25) is 5.10 Å². The summed E-state index contributed by atoms with van der Waals surface area (Å²) in [5.74, 6) is 0.380. The van der Waals surface area contributed by atoms with E-state index in [4.69, 9.17) is 17.3 Å². The van der Waals surface area contributed by atoms with Crippen molar-refractivity contribution in [1.29, 1.82) is 0 Å². The van der Waals surface area contributed by atoms with Gasteiger partial charge >= 0.3 is 0 Å². The number of anilines is 1. The number of nitrogens with zero attached hydrogens (tertiary/aromatic N) is 2. The number of nitrogen functional groups attached to an aromatic ring is 1. The van der Waals surface area contributed by atoms with Crippen LogP contribution < -0.4 is 5.73 Å². The quantitative estimate of drug-likeness (QED) is 0.824. The van der Waals surface area contributed by atoms with E-state index in [0.717, 1.165) is 5.03 Å². The van der Waals surface area contributed by atoms with Crippen LogP contribution in [-0.4, -0.2) is 15.2 Å². The average molecular weight is 227 g/mol. The molecule has 0 amide bonds. The van der Waals surface area contributed by atoms with E-state index in [9.17, 15) is 0 Å². The fraction of sp³-hybridized carbons (Fsp3) is 0. The monoisotopic (exact) mass is 226 g/mol. The molecule has 2 heterocycles. The fourth-order valence-electron chi connectivity index (χ4n) is 0.899. The van der Waals surface area contributed by atoms with Gasteiger partial charge in [-0.15, -0.1) is 0 Å². The molecule has 0 unspecified atom stereocenters. The maximum absolute atomic E-state index is 5.89. The smallest absolute Gasteiger partial charge is 0.145 e. The van der Waals surface area contributed by atoms with Gasteiger partial charge in [0.2, 0.25) is 0 Å². The number of H-pyrrole nitrogens is 1. The van der Waals surface area contributed by atoms with Crippen molar-refractivity contribution in [2.24, 2.45) is 0 Å². The van der Waals surface area contributed by atoms with Crippen LogP contribution in [0, 0.1) is 0 Å². The first-order valence-electron chi connectivity index (χ1n) is 3.85. The van der Waals surface area contributed by atoms with Crippen LogP contribution in [0.3, 0.4) is 0 Å². The number of rotatable bonds is 2. The number of nitrogens with one attached hydrogen (secondary N) is 1. The molecular formula is C8H7ClN4S. The van der Waals surface area contributed by atoms with Gasteiger partial charge in [0.15, 0.2) is 0 Å². The van der Waals surface area contributed by atoms with Crippen molar-refractivity contribution in [2.45, 2.75) is 10.1 Å². The van der Waals surface area contributed by atoms with Crippen LogP contribution in [0.4, 0.5) is 5.82 Å². The molecule has 0 aliphatic rings. The van der Waals surface area contributed by atoms with E-state index in [1.165, 1.54) is 11.8 Å². The molecule has 0 fully saturated rings. The molecule has 4 nitrogen and oxygen atoms in total. The molecule has 0 aliphatic heterocycles. The molecule has 6 heteroatoms. The first-order valence-corrected chi connectivity index (χ1v) is 5.05. The van der Waals surface area contributed by atoms with Gasteiger partial charge in [-0.1, -0.05) is 17.7 Å². The molecular weight excluding hydrogens is 220 g/mol. The van der Waals surface area contributed by atoms with Gasteiger partial charge in [0, 0.05) is 6.20 Å². The molecule has 0 aliphatic carbocycles. The van der Waals surface area contributed by atoms with Crippen LogP contribution in [0.1, 0.15) is 0 Å². The molecule has 0 saturated heterocycles. The maximum atomic E-state index is 5.89. The first-order chi connectivity index (χ1) is 6.77. The lowest BCUT2D eigenvalue weighted by Crippen LogP contribution is -1.83. The average Bonchev–Trinajstić information content (AvgIpc) is 2.52. The molecule has 2 rings (SSSR count). The highest BCUT2D eigenvalue weighted by Crippen LogP contribution is 2.32. The van der Waals surface area contributed by atoms with Crippen molar-refractivity contribution >= 4 is 29.2 Å². The number of aromatic amines is 1. The zero-order valence-corrected chi connectivity index (χ0v) is 8.64. The minimum atomic E-state index is 0.380. The summed E-state index contributed by atoms with van der Waals surface area (Å²) in [5, 5.41) is 8.48. The summed E-state index contributed by atoms with van der Waals surface area (Å²) in [5.41, 5.74) is 5.51. The Labute approximate surface area is 89.9 Å². The highest BCUT2D eigenvalue weighted by atomic mass is 35.5. The Balaban J connectivity index is 2.23. The van der Waals surface area contributed by atoms with Crippen LogP contribution in [-0.2, 0) is 0 Å². The van der Waals surface area contributed by atoms with Crippen molar-refractivity contribution in [3.05, 3.63) is 29.4 Å². The molecule has 0 bridgehead atoms. The van der Waals surface area contributed by atoms with Crippen LogP contribution in [0.25, 0.3) is 0 Å². The molecule has 2 aromatic rings. The molecule has 3 N–H and O–H groups in total. The number of hydrogen-bond acceptors (Lipinski definition) is 4. The van der Waals surface area contributed by atoms with Gasteiger partial charge in [0.25, 0.3) is 0 Å². The Hall–Kier alpha value is -1.20. The molecule has 0 atom stereocenters. The Morgan fingerprint density at radius 2 is 2.29 bits per heavy atom. The number of pyridine rings is 1. The predicted octanol–water partition coefficient (Wildman–Crippen LogP) is 2.19. The summed E-state index contributed by atoms with van der Waals surface area (Å²) < 4.78 is 0. The maximum Gasteiger partial charge on any atom is 0.145 e. The molecule has 2 aromatic heterocycles. The van der Waals surface area contributed by atoms with E-state index in [2.05, 4.69) is 15.2 Å². The molecule has 72 valence electrons. The number of nitrogens with two attached hydrogens (primary N) is 1. The number of aromatic nitrogens is 3. The summed E-state index contributed by atoms with van der Waals surface area (Å²) in [6.45, 7) is 0. The summed E-state index contributed by atoms with van der Waals surface area (Å²) in [4.78, 5) is 4.13. The molecule has 0 spiro atoms. The number of hydrogen-bond donors (Lipinski definition) is 2. The van der Waals surface area contributed by atoms with E-state index >= 15 is 0 Å². The second-order valence-electron chi connectivity index (χ2n) is 2.53. The largest absolute Gasteiger partial charge is 0.383 e. The second kappa shape index (κ2) is 3.89. The minimum absolute atomic E-state index is 0.380. The van der Waals surface area contributed by atoms with Gasteiger partial charge in [0.05, 0.1) is 0 Å². The topological polar surface area (TPSA) is 67.6 Å². The van der Waals surface area contributed by atoms with Crippen molar-refractivity contribution in [3.63, 3.8) is 0 Å². The van der Waals surface area contributed by atoms with E-state index in [1.807, 2.05) is 18.2 Å². The van der Waals surface area contributed by atoms with Crippen molar-refractivity contribution in [1.82, 2.24) is 15.2 Å². The normalized spacial score (nSPS) is 10.4. The zero-order valence-electron chi connectivity index (χ0n) is 7.07. The Kier molecular flexibility index (Phi) is 2.60. The standard InChI is InChI=1S/C8H7ClN4S/c9-6-7(10)12-13-8(6)14-5-3-1-2-4-11-5/h1-4H,(H3,10,12,13). The Morgan fingerprint density at radius 3 is 2.86 bits per heavy atom. The highest BCUT2D eigenvalue weighted by molar-refractivity contribution is 7.99. The van der Waals surface area contributed by atoms with Gasteiger partial charge in [-0.25, -0.2) is 4.98 Å². The number of halogens is 1. The molecule has 0 radical (unpaired) electrons. The lowest BCUT2D eigenvalue weighted by Gasteiger charge is -1.95. The van der Waals surface area contributed by atoms with Gasteiger partial charge < -0.3 is 5.73 Å². The van der Waals surface area contributed by atoms with Crippen LogP contribution in [0.15, 0.2) is 34.4 Å². The SMILES string of the molecule is Nc1[nH]nc(Sc2ccccn2)c1Cl. The Bertz CT molecular complexity index is 428. The third-order valence-corrected chi connectivity index (χ3v) is 2.98. The van der Waals surface area contributed by atoms with Crippen molar-refractivity contribution in [2.75, 3.05) is 5.73 Å². The minimum Gasteiger partial charge on any atom is -0.383 e. The third kappa shape index (κ3) is 1.83. The van der Waals surface area contributed by atoms with Gasteiger partial charge in [-0.2, -0.15) is 5.10 Å². The van der Waals surface area contributed by atoms with Gasteiger partial charge in [-0.05, 0) is 23.9 Å². The molecule has 14 heavy (non-hydrogen) atoms. The summed E-state index contributed by atoms with van der Waals surface area (Å²) >= 11 is 7.26. The lowest BCUT2D eigenvalue weighted by molar-refractivity contribution is 1.00. The molecule has 0 aromatic carbocycles. The zero-order chi connectivity index (χ0) is 9.97. The van der Waals surface area contributed by atoms with Crippen molar-refractivity contribution in [3.8, 4) is 0 Å². The van der Waals surface area contributed by atoms with E-state index in [-0.39, 0.29) is 0 Å². The van der Waals surface area contributed by atoms with E-state index in [1.54, 1.807) is 6.20 Å². The van der Waals surface area contributed by atoms with Crippen LogP contribution in [0.5, 0.6) is 0 Å². The highest BCUT2D eigenvalue weighted by Gasteiger charge is 2.09. The Morgan fingerprint density at radius 1 is 1.43 bits per heavy atom. The van der Waals surface area contributed by atoms with Gasteiger partial charge in [0.1, 0.15) is 20.9 Å². The summed E-state index contributed by atoms with van der Waals surface area (Å²) in [7, 11) is 0. The van der Waals surface area contributed by atoms with Crippen LogP contribution >= 0.6 is 23.4 Å². The predicted molar refractivity (Wildman–Crippen MR) is 56.4 cm³/mol.